The van der Waals surface area contributed by atoms with Crippen LogP contribution in [0.4, 0.5) is 5.69 Å². The number of carboxylic acids is 1. The monoisotopic (exact) mass is 729 g/mol. The molecule has 3 N–H and O–H groups in total. The normalized spacial score (nSPS) is 17.5. The van der Waals surface area contributed by atoms with Crippen molar-refractivity contribution in [3.8, 4) is 28.7 Å². The van der Waals surface area contributed by atoms with Crippen molar-refractivity contribution in [1.82, 2.24) is 14.8 Å². The van der Waals surface area contributed by atoms with E-state index >= 15 is 0 Å². The number of aliphatic carboxylic acids is 1. The third kappa shape index (κ3) is 8.80. The number of β-amino-alcohol motifs (C(OH)–C–C–N with tert-alkyl or cyclic N) is 1. The Morgan fingerprint density at radius 3 is 2.33 bits per heavy atom. The number of ether oxygens (including phenoxy) is 2. The lowest BCUT2D eigenvalue weighted by atomic mass is 9.92. The highest BCUT2D eigenvalue weighted by Gasteiger charge is 2.28. The number of carbonyl (C=O) groups excluding carboxylic acids is 1. The molecule has 0 saturated carbocycles. The topological polar surface area (TPSA) is 148 Å². The molecule has 1 amide bonds. The van der Waals surface area contributed by atoms with Gasteiger partial charge in [0.1, 0.15) is 23.3 Å². The molecular weight excluding hydrogens is 683 g/mol. The minimum atomic E-state index is -0.767. The molecule has 0 spiro atoms. The first-order chi connectivity index (χ1) is 26.0. The van der Waals surface area contributed by atoms with E-state index in [1.54, 1.807) is 19.4 Å². The van der Waals surface area contributed by atoms with Crippen molar-refractivity contribution in [2.75, 3.05) is 45.2 Å². The zero-order valence-corrected chi connectivity index (χ0v) is 31.3. The van der Waals surface area contributed by atoms with Crippen LogP contribution in [0.2, 0.25) is 0 Å². The molecule has 1 aromatic heterocycles. The highest BCUT2D eigenvalue weighted by Crippen LogP contribution is 2.34. The van der Waals surface area contributed by atoms with Gasteiger partial charge in [0, 0.05) is 61.8 Å². The van der Waals surface area contributed by atoms with Crippen molar-refractivity contribution in [2.45, 2.75) is 52.8 Å². The summed E-state index contributed by atoms with van der Waals surface area (Å²) in [7, 11) is 1.58. The second kappa shape index (κ2) is 17.1. The Hall–Kier alpha value is -5.54. The van der Waals surface area contributed by atoms with Crippen LogP contribution in [0.3, 0.4) is 0 Å². The van der Waals surface area contributed by atoms with Crippen LogP contribution in [0.1, 0.15) is 62.3 Å². The summed E-state index contributed by atoms with van der Waals surface area (Å²) in [6, 6.07) is 19.8. The third-order valence-corrected chi connectivity index (χ3v) is 10.5. The Kier molecular flexibility index (Phi) is 12.1. The standard InChI is InChI=1S/C43H47N5O6/c1-27-19-33(24-47-16-13-32(23-47)43(51)52)41(54-18-15-44)20-31(27)12-11-30-7-5-8-36(28(30)2)37-9-6-10-38(29(37)3)46-42(50)39-21-40(53-4)34(22-45-39)25-48-17-14-35(49)26-48/h5-12,19-22,32,35,49H,13-14,16-18,23-26H2,1-4H3,(H,46,50)(H,51,52)/b12-11+/t32-,35-/m1/s1. The van der Waals surface area contributed by atoms with Crippen molar-refractivity contribution in [1.29, 1.82) is 5.26 Å². The number of aliphatic hydroxyl groups excluding tert-OH is 1. The van der Waals surface area contributed by atoms with Gasteiger partial charge in [0.15, 0.2) is 6.61 Å². The average molecular weight is 730 g/mol. The van der Waals surface area contributed by atoms with Gasteiger partial charge in [-0.25, -0.2) is 0 Å². The Bertz CT molecular complexity index is 2110. The van der Waals surface area contributed by atoms with E-state index in [1.807, 2.05) is 50.3 Å². The second-order valence-electron chi connectivity index (χ2n) is 14.2. The van der Waals surface area contributed by atoms with Crippen molar-refractivity contribution in [2.24, 2.45) is 5.92 Å². The number of aromatic nitrogens is 1. The molecule has 0 bridgehead atoms. The van der Waals surface area contributed by atoms with Gasteiger partial charge in [-0.15, -0.1) is 0 Å². The summed E-state index contributed by atoms with van der Waals surface area (Å²) in [6.45, 7) is 9.76. The average Bonchev–Trinajstić information content (AvgIpc) is 3.81. The lowest BCUT2D eigenvalue weighted by molar-refractivity contribution is -0.141. The maximum absolute atomic E-state index is 13.4. The highest BCUT2D eigenvalue weighted by atomic mass is 16.5. The smallest absolute Gasteiger partial charge is 0.307 e. The van der Waals surface area contributed by atoms with Crippen molar-refractivity contribution >= 4 is 29.7 Å². The van der Waals surface area contributed by atoms with Gasteiger partial charge in [-0.2, -0.15) is 5.26 Å². The summed E-state index contributed by atoms with van der Waals surface area (Å²) in [5, 5.41) is 31.6. The van der Waals surface area contributed by atoms with Gasteiger partial charge >= 0.3 is 5.97 Å². The van der Waals surface area contributed by atoms with Gasteiger partial charge in [-0.1, -0.05) is 48.6 Å². The quantitative estimate of drug-likeness (QED) is 0.131. The van der Waals surface area contributed by atoms with Crippen molar-refractivity contribution in [3.05, 3.63) is 105 Å². The number of hydrogen-bond acceptors (Lipinski definition) is 9. The van der Waals surface area contributed by atoms with Gasteiger partial charge < -0.3 is 25.0 Å². The fraction of sp³-hybridized carbons (Fsp3) is 0.349. The molecule has 0 radical (unpaired) electrons. The van der Waals surface area contributed by atoms with Crippen LogP contribution >= 0.6 is 0 Å². The van der Waals surface area contributed by atoms with Crippen molar-refractivity contribution in [3.63, 3.8) is 0 Å². The molecule has 2 fully saturated rings. The van der Waals surface area contributed by atoms with E-state index < -0.39 is 5.97 Å². The number of nitrogens with zero attached hydrogens (tertiary/aromatic N) is 4. The summed E-state index contributed by atoms with van der Waals surface area (Å²) in [5.41, 5.74) is 9.77. The summed E-state index contributed by atoms with van der Waals surface area (Å²) in [4.78, 5) is 33.7. The lowest BCUT2D eigenvalue weighted by Gasteiger charge is -2.19. The number of pyridine rings is 1. The largest absolute Gasteiger partial charge is 0.496 e. The van der Waals surface area contributed by atoms with Crippen LogP contribution in [0.25, 0.3) is 23.3 Å². The molecule has 54 heavy (non-hydrogen) atoms. The number of nitriles is 1. The molecule has 0 unspecified atom stereocenters. The minimum Gasteiger partial charge on any atom is -0.496 e. The van der Waals surface area contributed by atoms with E-state index in [1.165, 1.54) is 0 Å². The molecule has 6 rings (SSSR count). The van der Waals surface area contributed by atoms with Gasteiger partial charge in [-0.3, -0.25) is 24.4 Å². The van der Waals surface area contributed by atoms with E-state index in [9.17, 15) is 25.1 Å². The van der Waals surface area contributed by atoms with Gasteiger partial charge in [0.05, 0.1) is 19.1 Å². The molecule has 2 atom stereocenters. The van der Waals surface area contributed by atoms with Gasteiger partial charge in [0.2, 0.25) is 0 Å². The Morgan fingerprint density at radius 2 is 1.63 bits per heavy atom. The lowest BCUT2D eigenvalue weighted by Crippen LogP contribution is -2.23. The van der Waals surface area contributed by atoms with Crippen LogP contribution in [0, 0.1) is 38.0 Å². The number of hydrogen-bond donors (Lipinski definition) is 3. The minimum absolute atomic E-state index is 0.0841. The fourth-order valence-corrected chi connectivity index (χ4v) is 7.38. The number of aliphatic hydroxyl groups is 1. The molecule has 4 aromatic rings. The second-order valence-corrected chi connectivity index (χ2v) is 14.2. The zero-order valence-electron chi connectivity index (χ0n) is 31.3. The Balaban J connectivity index is 1.20. The Morgan fingerprint density at radius 1 is 0.926 bits per heavy atom. The van der Waals surface area contributed by atoms with Crippen molar-refractivity contribution < 1.29 is 29.3 Å². The Labute approximate surface area is 316 Å². The number of likely N-dealkylation sites (tertiary alicyclic amines) is 2. The number of carboxylic acid groups (broad SMARTS) is 1. The number of benzene rings is 3. The van der Waals surface area contributed by atoms with E-state index in [2.05, 4.69) is 57.4 Å². The molecule has 3 aromatic carbocycles. The van der Waals surface area contributed by atoms with E-state index in [-0.39, 0.29) is 30.2 Å². The number of aryl methyl sites for hydroxylation is 1. The number of rotatable bonds is 13. The summed E-state index contributed by atoms with van der Waals surface area (Å²) in [5.74, 6) is -0.273. The summed E-state index contributed by atoms with van der Waals surface area (Å²) < 4.78 is 11.5. The highest BCUT2D eigenvalue weighted by molar-refractivity contribution is 6.04. The van der Waals surface area contributed by atoms with E-state index in [0.717, 1.165) is 63.0 Å². The maximum Gasteiger partial charge on any atom is 0.307 e. The molecule has 2 saturated heterocycles. The zero-order chi connectivity index (χ0) is 38.4. The van der Waals surface area contributed by atoms with Crippen LogP contribution in [0.5, 0.6) is 11.5 Å². The first kappa shape index (κ1) is 38.2. The predicted octanol–water partition coefficient (Wildman–Crippen LogP) is 6.48. The molecule has 3 heterocycles. The molecule has 11 heteroatoms. The summed E-state index contributed by atoms with van der Waals surface area (Å²) in [6.07, 6.45) is 6.83. The van der Waals surface area contributed by atoms with Crippen LogP contribution < -0.4 is 14.8 Å². The van der Waals surface area contributed by atoms with Gasteiger partial charge in [0.25, 0.3) is 5.91 Å². The molecule has 0 aliphatic carbocycles. The first-order valence-electron chi connectivity index (χ1n) is 18.2. The van der Waals surface area contributed by atoms with Crippen LogP contribution in [-0.4, -0.2) is 82.9 Å². The number of nitrogens with one attached hydrogen (secondary N) is 1. The van der Waals surface area contributed by atoms with Gasteiger partial charge in [-0.05, 0) is 91.2 Å². The number of amides is 1. The molecular formula is C43H47N5O6. The number of anilines is 1. The molecule has 2 aliphatic heterocycles. The van der Waals surface area contributed by atoms with Crippen LogP contribution in [0.15, 0.2) is 60.8 Å². The fourth-order valence-electron chi connectivity index (χ4n) is 7.38. The number of methoxy groups -OCH3 is 1. The first-order valence-corrected chi connectivity index (χ1v) is 18.2. The number of carbonyl (C=O) groups is 2. The van der Waals surface area contributed by atoms with Crippen LogP contribution in [-0.2, 0) is 17.9 Å². The predicted molar refractivity (Wildman–Crippen MR) is 208 cm³/mol. The SMILES string of the molecule is COc1cc(C(=O)Nc2cccc(-c3cccc(/C=C/c4cc(OCC#N)c(CN5CC[C@@H](C(=O)O)C5)cc4C)c3C)c2C)ncc1CN1CC[C@@H](O)C1. The van der Waals surface area contributed by atoms with E-state index in [0.29, 0.717) is 56.3 Å². The molecule has 11 nitrogen and oxygen atoms in total. The maximum atomic E-state index is 13.4. The molecule has 280 valence electrons. The summed E-state index contributed by atoms with van der Waals surface area (Å²) >= 11 is 0. The third-order valence-electron chi connectivity index (χ3n) is 10.5. The van der Waals surface area contributed by atoms with E-state index in [4.69, 9.17) is 9.47 Å². The molecule has 2 aliphatic rings.